The summed E-state index contributed by atoms with van der Waals surface area (Å²) in [5, 5.41) is 5.25. The first-order valence-electron chi connectivity index (χ1n) is 7.55. The van der Waals surface area contributed by atoms with Gasteiger partial charge in [0.05, 0.1) is 25.3 Å². The number of carbonyl (C=O) groups is 2. The van der Waals surface area contributed by atoms with E-state index in [1.54, 1.807) is 37.4 Å². The standard InChI is InChI=1S/C18H18BrFN2O3/c1-11(23)21-17(12-3-6-14(25-2)7-4-12)10-18(24)22-16-8-5-13(19)9-15(16)20/h3-9,17H,10H2,1-2H3,(H,21,23)(H,22,24). The zero-order valence-corrected chi connectivity index (χ0v) is 15.4. The number of benzene rings is 2. The number of methoxy groups -OCH3 is 1. The van der Waals surface area contributed by atoms with Gasteiger partial charge in [0.15, 0.2) is 0 Å². The van der Waals surface area contributed by atoms with Gasteiger partial charge < -0.3 is 15.4 Å². The summed E-state index contributed by atoms with van der Waals surface area (Å²) >= 11 is 3.16. The van der Waals surface area contributed by atoms with Crippen LogP contribution in [0.5, 0.6) is 5.75 Å². The molecule has 0 aliphatic heterocycles. The summed E-state index contributed by atoms with van der Waals surface area (Å²) in [6, 6.07) is 10.9. The van der Waals surface area contributed by atoms with Crippen molar-refractivity contribution in [2.45, 2.75) is 19.4 Å². The van der Waals surface area contributed by atoms with Gasteiger partial charge in [-0.1, -0.05) is 28.1 Å². The molecule has 1 atom stereocenters. The molecular weight excluding hydrogens is 391 g/mol. The molecule has 2 aromatic carbocycles. The Hall–Kier alpha value is -2.41. The lowest BCUT2D eigenvalue weighted by atomic mass is 10.0. The van der Waals surface area contributed by atoms with Gasteiger partial charge in [0.2, 0.25) is 11.8 Å². The third-order valence-electron chi connectivity index (χ3n) is 3.49. The fraction of sp³-hybridized carbons (Fsp3) is 0.222. The molecule has 1 unspecified atom stereocenters. The molecule has 0 radical (unpaired) electrons. The molecule has 0 fully saturated rings. The SMILES string of the molecule is COc1ccc(C(CC(=O)Nc2ccc(Br)cc2F)NC(C)=O)cc1. The number of anilines is 1. The second-order valence-corrected chi connectivity index (χ2v) is 6.32. The zero-order valence-electron chi connectivity index (χ0n) is 13.8. The average Bonchev–Trinajstić information content (AvgIpc) is 2.56. The number of hydrogen-bond donors (Lipinski definition) is 2. The molecular formula is C18H18BrFN2O3. The molecule has 0 saturated heterocycles. The van der Waals surface area contributed by atoms with E-state index in [0.717, 1.165) is 5.56 Å². The van der Waals surface area contributed by atoms with Crippen molar-refractivity contribution >= 4 is 33.4 Å². The highest BCUT2D eigenvalue weighted by Crippen LogP contribution is 2.23. The summed E-state index contributed by atoms with van der Waals surface area (Å²) in [6.45, 7) is 1.38. The molecule has 2 rings (SSSR count). The second kappa shape index (κ2) is 8.62. The number of nitrogens with one attached hydrogen (secondary N) is 2. The minimum atomic E-state index is -0.539. The molecule has 0 heterocycles. The van der Waals surface area contributed by atoms with Crippen LogP contribution in [0.15, 0.2) is 46.9 Å². The Morgan fingerprint density at radius 2 is 1.88 bits per heavy atom. The third kappa shape index (κ3) is 5.56. The first-order chi connectivity index (χ1) is 11.9. The quantitative estimate of drug-likeness (QED) is 0.763. The highest BCUT2D eigenvalue weighted by Gasteiger charge is 2.18. The molecule has 132 valence electrons. The molecule has 7 heteroatoms. The van der Waals surface area contributed by atoms with Crippen LogP contribution in [0, 0.1) is 5.82 Å². The Balaban J connectivity index is 2.12. The summed E-state index contributed by atoms with van der Waals surface area (Å²) in [5.74, 6) is -0.533. The van der Waals surface area contributed by atoms with Gasteiger partial charge in [0.1, 0.15) is 11.6 Å². The number of carbonyl (C=O) groups excluding carboxylic acids is 2. The lowest BCUT2D eigenvalue weighted by Gasteiger charge is -2.18. The fourth-order valence-corrected chi connectivity index (χ4v) is 2.64. The summed E-state index contributed by atoms with van der Waals surface area (Å²) in [7, 11) is 1.56. The highest BCUT2D eigenvalue weighted by molar-refractivity contribution is 9.10. The second-order valence-electron chi connectivity index (χ2n) is 5.40. The zero-order chi connectivity index (χ0) is 18.4. The van der Waals surface area contributed by atoms with Crippen LogP contribution >= 0.6 is 15.9 Å². The maximum atomic E-state index is 13.8. The maximum absolute atomic E-state index is 13.8. The molecule has 0 bridgehead atoms. The van der Waals surface area contributed by atoms with Crippen LogP contribution in [0.25, 0.3) is 0 Å². The van der Waals surface area contributed by atoms with Crippen LogP contribution in [0.1, 0.15) is 24.9 Å². The van der Waals surface area contributed by atoms with E-state index < -0.39 is 17.8 Å². The van der Waals surface area contributed by atoms with Gasteiger partial charge in [0.25, 0.3) is 0 Å². The number of rotatable bonds is 6. The summed E-state index contributed by atoms with van der Waals surface area (Å²) in [5.41, 5.74) is 0.840. The van der Waals surface area contributed by atoms with E-state index in [0.29, 0.717) is 10.2 Å². The average molecular weight is 409 g/mol. The van der Waals surface area contributed by atoms with Gasteiger partial charge in [-0.25, -0.2) is 4.39 Å². The van der Waals surface area contributed by atoms with Crippen molar-refractivity contribution in [3.63, 3.8) is 0 Å². The highest BCUT2D eigenvalue weighted by atomic mass is 79.9. The normalized spacial score (nSPS) is 11.5. The van der Waals surface area contributed by atoms with Crippen molar-refractivity contribution in [3.8, 4) is 5.75 Å². The molecule has 25 heavy (non-hydrogen) atoms. The van der Waals surface area contributed by atoms with E-state index in [4.69, 9.17) is 4.74 Å². The molecule has 2 aromatic rings. The van der Waals surface area contributed by atoms with Crippen LogP contribution in [0.2, 0.25) is 0 Å². The van der Waals surface area contributed by atoms with Gasteiger partial charge in [-0.3, -0.25) is 9.59 Å². The predicted octanol–water partition coefficient (Wildman–Crippen LogP) is 3.80. The Kier molecular flexibility index (Phi) is 6.52. The van der Waals surface area contributed by atoms with E-state index in [9.17, 15) is 14.0 Å². The van der Waals surface area contributed by atoms with Crippen molar-refractivity contribution in [1.82, 2.24) is 5.32 Å². The summed E-state index contributed by atoms with van der Waals surface area (Å²) < 4.78 is 19.5. The van der Waals surface area contributed by atoms with E-state index in [-0.39, 0.29) is 18.0 Å². The number of halogens is 2. The van der Waals surface area contributed by atoms with Crippen molar-refractivity contribution in [2.24, 2.45) is 0 Å². The summed E-state index contributed by atoms with van der Waals surface area (Å²) in [4.78, 5) is 23.7. The Morgan fingerprint density at radius 1 is 1.20 bits per heavy atom. The summed E-state index contributed by atoms with van der Waals surface area (Å²) in [6.07, 6.45) is -0.0264. The molecule has 5 nitrogen and oxygen atoms in total. The van der Waals surface area contributed by atoms with E-state index >= 15 is 0 Å². The predicted molar refractivity (Wildman–Crippen MR) is 96.9 cm³/mol. The van der Waals surface area contributed by atoms with E-state index in [1.165, 1.54) is 19.1 Å². The minimum absolute atomic E-state index is 0.0264. The number of hydrogen-bond acceptors (Lipinski definition) is 3. The van der Waals surface area contributed by atoms with Crippen molar-refractivity contribution in [2.75, 3.05) is 12.4 Å². The molecule has 0 aliphatic carbocycles. The first kappa shape index (κ1) is 18.9. The molecule has 2 amide bonds. The van der Waals surface area contributed by atoms with Gasteiger partial charge >= 0.3 is 0 Å². The van der Waals surface area contributed by atoms with E-state index in [1.807, 2.05) is 0 Å². The molecule has 0 aromatic heterocycles. The monoisotopic (exact) mass is 408 g/mol. The van der Waals surface area contributed by atoms with Crippen LogP contribution < -0.4 is 15.4 Å². The number of amides is 2. The van der Waals surface area contributed by atoms with E-state index in [2.05, 4.69) is 26.6 Å². The molecule has 0 spiro atoms. The van der Waals surface area contributed by atoms with Crippen molar-refractivity contribution in [3.05, 3.63) is 58.3 Å². The van der Waals surface area contributed by atoms with Crippen LogP contribution in [-0.2, 0) is 9.59 Å². The van der Waals surface area contributed by atoms with Gasteiger partial charge in [-0.05, 0) is 35.9 Å². The molecule has 0 saturated carbocycles. The minimum Gasteiger partial charge on any atom is -0.497 e. The molecule has 0 aliphatic rings. The molecule has 2 N–H and O–H groups in total. The third-order valence-corrected chi connectivity index (χ3v) is 3.98. The Labute approximate surface area is 153 Å². The smallest absolute Gasteiger partial charge is 0.226 e. The lowest BCUT2D eigenvalue weighted by molar-refractivity contribution is -0.120. The fourth-order valence-electron chi connectivity index (χ4n) is 2.31. The van der Waals surface area contributed by atoms with Crippen LogP contribution in [0.3, 0.4) is 0 Å². The van der Waals surface area contributed by atoms with Gasteiger partial charge in [-0.15, -0.1) is 0 Å². The Bertz CT molecular complexity index is 765. The topological polar surface area (TPSA) is 67.4 Å². The lowest BCUT2D eigenvalue weighted by Crippen LogP contribution is -2.29. The van der Waals surface area contributed by atoms with Gasteiger partial charge in [0, 0.05) is 11.4 Å². The number of ether oxygens (including phenoxy) is 1. The first-order valence-corrected chi connectivity index (χ1v) is 8.34. The van der Waals surface area contributed by atoms with Crippen molar-refractivity contribution < 1.29 is 18.7 Å². The largest absolute Gasteiger partial charge is 0.497 e. The van der Waals surface area contributed by atoms with Crippen LogP contribution in [0.4, 0.5) is 10.1 Å². The van der Waals surface area contributed by atoms with Crippen molar-refractivity contribution in [1.29, 1.82) is 0 Å². The van der Waals surface area contributed by atoms with Gasteiger partial charge in [-0.2, -0.15) is 0 Å². The Morgan fingerprint density at radius 3 is 2.44 bits per heavy atom. The maximum Gasteiger partial charge on any atom is 0.226 e. The van der Waals surface area contributed by atoms with Crippen LogP contribution in [-0.4, -0.2) is 18.9 Å².